The van der Waals surface area contributed by atoms with Crippen LogP contribution >= 0.6 is 0 Å². The van der Waals surface area contributed by atoms with Crippen LogP contribution in [-0.4, -0.2) is 33.5 Å². The van der Waals surface area contributed by atoms with Gasteiger partial charge in [0.05, 0.1) is 0 Å². The molecule has 7 heteroatoms. The van der Waals surface area contributed by atoms with Crippen molar-refractivity contribution in [2.45, 2.75) is 25.8 Å². The van der Waals surface area contributed by atoms with Crippen LogP contribution in [0.4, 0.5) is 0 Å². The third-order valence-corrected chi connectivity index (χ3v) is 2.89. The standard InChI is InChI=1S/C11H14N4O3/c1-6-5-8(14-15(6)2)11(18)12-7-3-4-9(16)13-10(7)17/h5,7H,3-4H2,1-2H3,(H,12,18)(H,13,16,17). The van der Waals surface area contributed by atoms with E-state index in [0.717, 1.165) is 5.69 Å². The van der Waals surface area contributed by atoms with E-state index in [1.54, 1.807) is 17.8 Å². The van der Waals surface area contributed by atoms with Crippen molar-refractivity contribution in [3.63, 3.8) is 0 Å². The Balaban J connectivity index is 2.03. The van der Waals surface area contributed by atoms with E-state index in [2.05, 4.69) is 15.7 Å². The maximum Gasteiger partial charge on any atom is 0.272 e. The van der Waals surface area contributed by atoms with E-state index in [9.17, 15) is 14.4 Å². The zero-order valence-corrected chi connectivity index (χ0v) is 10.2. The number of aromatic nitrogens is 2. The minimum Gasteiger partial charge on any atom is -0.339 e. The number of carbonyl (C=O) groups excluding carboxylic acids is 3. The van der Waals surface area contributed by atoms with Crippen molar-refractivity contribution in [2.75, 3.05) is 0 Å². The van der Waals surface area contributed by atoms with Gasteiger partial charge in [0.1, 0.15) is 11.7 Å². The maximum atomic E-state index is 11.9. The largest absolute Gasteiger partial charge is 0.339 e. The Hall–Kier alpha value is -2.18. The minimum absolute atomic E-state index is 0.234. The molecule has 0 aromatic carbocycles. The van der Waals surface area contributed by atoms with Gasteiger partial charge < -0.3 is 5.32 Å². The highest BCUT2D eigenvalue weighted by atomic mass is 16.2. The molecule has 0 aliphatic carbocycles. The number of piperidine rings is 1. The number of amides is 3. The Morgan fingerprint density at radius 3 is 2.83 bits per heavy atom. The summed E-state index contributed by atoms with van der Waals surface area (Å²) in [5.74, 6) is -1.18. The first-order valence-corrected chi connectivity index (χ1v) is 5.62. The molecule has 1 fully saturated rings. The van der Waals surface area contributed by atoms with Crippen LogP contribution in [0, 0.1) is 6.92 Å². The Morgan fingerprint density at radius 2 is 2.28 bits per heavy atom. The summed E-state index contributed by atoms with van der Waals surface area (Å²) < 4.78 is 1.58. The zero-order chi connectivity index (χ0) is 13.3. The van der Waals surface area contributed by atoms with Crippen molar-refractivity contribution in [1.82, 2.24) is 20.4 Å². The fraction of sp³-hybridized carbons (Fsp3) is 0.455. The van der Waals surface area contributed by atoms with Crippen LogP contribution in [0.15, 0.2) is 6.07 Å². The highest BCUT2D eigenvalue weighted by molar-refractivity contribution is 6.03. The van der Waals surface area contributed by atoms with Gasteiger partial charge in [-0.2, -0.15) is 5.10 Å². The fourth-order valence-electron chi connectivity index (χ4n) is 1.74. The predicted octanol–water partition coefficient (Wildman–Crippen LogP) is -0.736. The molecule has 0 spiro atoms. The SMILES string of the molecule is Cc1cc(C(=O)NC2CCC(=O)NC2=O)nn1C. The van der Waals surface area contributed by atoms with Gasteiger partial charge in [0.25, 0.3) is 5.91 Å². The van der Waals surface area contributed by atoms with E-state index in [0.29, 0.717) is 6.42 Å². The topological polar surface area (TPSA) is 93.1 Å². The molecule has 96 valence electrons. The van der Waals surface area contributed by atoms with Crippen LogP contribution in [0.25, 0.3) is 0 Å². The molecule has 1 aromatic rings. The third kappa shape index (κ3) is 2.39. The van der Waals surface area contributed by atoms with Crippen LogP contribution in [0.3, 0.4) is 0 Å². The Kier molecular flexibility index (Phi) is 3.14. The van der Waals surface area contributed by atoms with Gasteiger partial charge in [-0.25, -0.2) is 0 Å². The first-order valence-electron chi connectivity index (χ1n) is 5.62. The van der Waals surface area contributed by atoms with Crippen LogP contribution in [-0.2, 0) is 16.6 Å². The van der Waals surface area contributed by atoms with Gasteiger partial charge in [-0.1, -0.05) is 0 Å². The summed E-state index contributed by atoms with van der Waals surface area (Å²) >= 11 is 0. The summed E-state index contributed by atoms with van der Waals surface area (Å²) in [4.78, 5) is 34.3. The van der Waals surface area contributed by atoms with Crippen LogP contribution < -0.4 is 10.6 Å². The Bertz CT molecular complexity index is 501. The van der Waals surface area contributed by atoms with Crippen molar-refractivity contribution in [1.29, 1.82) is 0 Å². The second-order valence-corrected chi connectivity index (χ2v) is 4.27. The molecule has 1 saturated heterocycles. The van der Waals surface area contributed by atoms with Gasteiger partial charge in [-0.3, -0.25) is 24.4 Å². The Labute approximate surface area is 104 Å². The number of imide groups is 1. The van der Waals surface area contributed by atoms with Crippen LogP contribution in [0.5, 0.6) is 0 Å². The molecule has 0 saturated carbocycles. The maximum absolute atomic E-state index is 11.9. The number of aryl methyl sites for hydroxylation is 2. The lowest BCUT2D eigenvalue weighted by atomic mass is 10.1. The molecule has 0 radical (unpaired) electrons. The van der Waals surface area contributed by atoms with Gasteiger partial charge in [0.2, 0.25) is 11.8 Å². The number of hydrogen-bond acceptors (Lipinski definition) is 4. The number of rotatable bonds is 2. The number of hydrogen-bond donors (Lipinski definition) is 2. The molecular weight excluding hydrogens is 236 g/mol. The average molecular weight is 250 g/mol. The van der Waals surface area contributed by atoms with Gasteiger partial charge in [0, 0.05) is 19.2 Å². The second kappa shape index (κ2) is 4.59. The van der Waals surface area contributed by atoms with Gasteiger partial charge >= 0.3 is 0 Å². The molecule has 1 aliphatic rings. The van der Waals surface area contributed by atoms with E-state index < -0.39 is 17.9 Å². The van der Waals surface area contributed by atoms with E-state index >= 15 is 0 Å². The summed E-state index contributed by atoms with van der Waals surface area (Å²) in [7, 11) is 1.73. The fourth-order valence-corrected chi connectivity index (χ4v) is 1.74. The first-order chi connectivity index (χ1) is 8.47. The van der Waals surface area contributed by atoms with E-state index in [1.165, 1.54) is 0 Å². The first kappa shape index (κ1) is 12.3. The minimum atomic E-state index is -0.669. The summed E-state index contributed by atoms with van der Waals surface area (Å²) in [5.41, 5.74) is 1.11. The molecule has 2 N–H and O–H groups in total. The molecule has 7 nitrogen and oxygen atoms in total. The lowest BCUT2D eigenvalue weighted by molar-refractivity contribution is -0.134. The van der Waals surface area contributed by atoms with Crippen molar-refractivity contribution < 1.29 is 14.4 Å². The van der Waals surface area contributed by atoms with E-state index in [4.69, 9.17) is 0 Å². The van der Waals surface area contributed by atoms with E-state index in [-0.39, 0.29) is 18.0 Å². The van der Waals surface area contributed by atoms with Crippen LogP contribution in [0.2, 0.25) is 0 Å². The summed E-state index contributed by atoms with van der Waals surface area (Å²) in [5, 5.41) is 8.77. The van der Waals surface area contributed by atoms with Crippen LogP contribution in [0.1, 0.15) is 29.0 Å². The molecule has 1 aromatic heterocycles. The molecule has 2 rings (SSSR count). The molecule has 1 aliphatic heterocycles. The smallest absolute Gasteiger partial charge is 0.272 e. The monoisotopic (exact) mass is 250 g/mol. The van der Waals surface area contributed by atoms with Gasteiger partial charge in [-0.15, -0.1) is 0 Å². The molecule has 1 atom stereocenters. The Morgan fingerprint density at radius 1 is 1.56 bits per heavy atom. The normalized spacial score (nSPS) is 19.6. The lowest BCUT2D eigenvalue weighted by Crippen LogP contribution is -2.52. The molecule has 3 amide bonds. The number of nitrogens with one attached hydrogen (secondary N) is 2. The van der Waals surface area contributed by atoms with Gasteiger partial charge in [0.15, 0.2) is 0 Å². The van der Waals surface area contributed by atoms with Crippen molar-refractivity contribution >= 4 is 17.7 Å². The lowest BCUT2D eigenvalue weighted by Gasteiger charge is -2.21. The number of nitrogens with zero attached hydrogens (tertiary/aromatic N) is 2. The molecule has 18 heavy (non-hydrogen) atoms. The summed E-state index contributed by atoms with van der Waals surface area (Å²) in [6.07, 6.45) is 0.556. The second-order valence-electron chi connectivity index (χ2n) is 4.27. The zero-order valence-electron chi connectivity index (χ0n) is 10.2. The highest BCUT2D eigenvalue weighted by Gasteiger charge is 2.28. The van der Waals surface area contributed by atoms with Crippen molar-refractivity contribution in [3.05, 3.63) is 17.5 Å². The summed E-state index contributed by atoms with van der Waals surface area (Å²) in [6, 6.07) is 0.971. The third-order valence-electron chi connectivity index (χ3n) is 2.89. The number of carbonyl (C=O) groups is 3. The highest BCUT2D eigenvalue weighted by Crippen LogP contribution is 2.06. The summed E-state index contributed by atoms with van der Waals surface area (Å²) in [6.45, 7) is 1.83. The molecule has 2 heterocycles. The molecular formula is C11H14N4O3. The predicted molar refractivity (Wildman–Crippen MR) is 61.6 cm³/mol. The molecule has 1 unspecified atom stereocenters. The van der Waals surface area contributed by atoms with Crippen molar-refractivity contribution in [3.8, 4) is 0 Å². The molecule has 0 bridgehead atoms. The quantitative estimate of drug-likeness (QED) is 0.676. The van der Waals surface area contributed by atoms with Gasteiger partial charge in [-0.05, 0) is 19.4 Å². The van der Waals surface area contributed by atoms with E-state index in [1.807, 2.05) is 6.92 Å². The average Bonchev–Trinajstić information content (AvgIpc) is 2.63. The van der Waals surface area contributed by atoms with Crippen molar-refractivity contribution in [2.24, 2.45) is 7.05 Å².